The summed E-state index contributed by atoms with van der Waals surface area (Å²) in [4.78, 5) is 0. The van der Waals surface area contributed by atoms with E-state index in [1.807, 2.05) is 6.92 Å². The number of hydrogen-bond acceptors (Lipinski definition) is 1. The molecular weight excluding hydrogens is 105 g/mol. The van der Waals surface area contributed by atoms with Crippen molar-refractivity contribution in [3.05, 3.63) is 12.3 Å². The van der Waals surface area contributed by atoms with Crippen LogP contribution in [0.5, 0.6) is 0 Å². The summed E-state index contributed by atoms with van der Waals surface area (Å²) in [5, 5.41) is 2.71. The van der Waals surface area contributed by atoms with Crippen molar-refractivity contribution >= 4 is 0 Å². The first-order chi connectivity index (χ1) is 3.81. The maximum absolute atomic E-state index is 12.2. The van der Waals surface area contributed by atoms with Crippen LogP contribution in [0.3, 0.4) is 0 Å². The van der Waals surface area contributed by atoms with Crippen molar-refractivity contribution in [1.29, 1.82) is 0 Å². The van der Waals surface area contributed by atoms with Gasteiger partial charge in [-0.1, -0.05) is 6.92 Å². The molecule has 1 atom stereocenters. The molecule has 0 amide bonds. The number of halogens is 1. The van der Waals surface area contributed by atoms with Crippen LogP contribution < -0.4 is 5.32 Å². The van der Waals surface area contributed by atoms with Crippen molar-refractivity contribution in [2.75, 3.05) is 7.05 Å². The molecule has 8 heavy (non-hydrogen) atoms. The fraction of sp³-hybridized carbons (Fsp3) is 0.667. The van der Waals surface area contributed by atoms with Gasteiger partial charge in [0.15, 0.2) is 0 Å². The summed E-state index contributed by atoms with van der Waals surface area (Å²) in [6.07, 6.45) is 2.87. The van der Waals surface area contributed by atoms with Crippen LogP contribution >= 0.6 is 0 Å². The van der Waals surface area contributed by atoms with Crippen LogP contribution in [0.4, 0.5) is 4.39 Å². The molecule has 0 saturated carbocycles. The summed E-state index contributed by atoms with van der Waals surface area (Å²) in [6, 6.07) is 0. The van der Waals surface area contributed by atoms with Gasteiger partial charge in [-0.25, -0.2) is 4.39 Å². The molecule has 0 aliphatic rings. The van der Waals surface area contributed by atoms with Gasteiger partial charge in [0.1, 0.15) is 6.17 Å². The van der Waals surface area contributed by atoms with Gasteiger partial charge >= 0.3 is 0 Å². The fourth-order valence-electron chi connectivity index (χ4n) is 0.337. The van der Waals surface area contributed by atoms with Crippen LogP contribution in [-0.4, -0.2) is 13.2 Å². The number of alkyl halides is 1. The van der Waals surface area contributed by atoms with Gasteiger partial charge in [0.2, 0.25) is 0 Å². The molecule has 1 N–H and O–H groups in total. The largest absolute Gasteiger partial charge is 0.394 e. The maximum Gasteiger partial charge on any atom is 0.120 e. The Labute approximate surface area is 49.6 Å². The lowest BCUT2D eigenvalue weighted by atomic mass is 10.3. The Hall–Kier alpha value is -0.530. The summed E-state index contributed by atoms with van der Waals surface area (Å²) in [7, 11) is 1.75. The van der Waals surface area contributed by atoms with Gasteiger partial charge in [-0.05, 0) is 18.7 Å². The van der Waals surface area contributed by atoms with E-state index in [9.17, 15) is 4.39 Å². The third-order valence-electron chi connectivity index (χ3n) is 0.862. The van der Waals surface area contributed by atoms with Crippen LogP contribution in [0, 0.1) is 0 Å². The van der Waals surface area contributed by atoms with E-state index in [-0.39, 0.29) is 0 Å². The second kappa shape index (κ2) is 4.62. The Morgan fingerprint density at radius 1 is 1.75 bits per heavy atom. The molecule has 0 radical (unpaired) electrons. The Morgan fingerprint density at radius 2 is 2.38 bits per heavy atom. The molecule has 2 heteroatoms. The Bertz CT molecular complexity index is 70.9. The van der Waals surface area contributed by atoms with Crippen LogP contribution in [0.15, 0.2) is 12.3 Å². The van der Waals surface area contributed by atoms with E-state index in [2.05, 4.69) is 5.32 Å². The quantitative estimate of drug-likeness (QED) is 0.590. The lowest BCUT2D eigenvalue weighted by Gasteiger charge is -1.93. The SMILES string of the molecule is CCC(F)/C=C\NC. The molecule has 0 aliphatic heterocycles. The standard InChI is InChI=1S/C6H12FN/c1-3-6(7)4-5-8-2/h4-6,8H,3H2,1-2H3/b5-4-. The van der Waals surface area contributed by atoms with Crippen molar-refractivity contribution in [3.63, 3.8) is 0 Å². The van der Waals surface area contributed by atoms with Gasteiger partial charge in [-0.15, -0.1) is 0 Å². The van der Waals surface area contributed by atoms with E-state index < -0.39 is 6.17 Å². The molecule has 48 valence electrons. The molecule has 0 saturated heterocycles. The third kappa shape index (κ3) is 3.65. The minimum atomic E-state index is -0.789. The Morgan fingerprint density at radius 3 is 2.75 bits per heavy atom. The van der Waals surface area contributed by atoms with Gasteiger partial charge in [-0.2, -0.15) is 0 Å². The van der Waals surface area contributed by atoms with Crippen LogP contribution in [-0.2, 0) is 0 Å². The monoisotopic (exact) mass is 117 g/mol. The second-order valence-corrected chi connectivity index (χ2v) is 1.57. The highest BCUT2D eigenvalue weighted by molar-refractivity contribution is 4.85. The molecule has 0 heterocycles. The summed E-state index contributed by atoms with van der Waals surface area (Å²) < 4.78 is 12.2. The van der Waals surface area contributed by atoms with Crippen molar-refractivity contribution in [3.8, 4) is 0 Å². The molecule has 1 unspecified atom stereocenters. The summed E-state index contributed by atoms with van der Waals surface area (Å²) in [6.45, 7) is 1.81. The average Bonchev–Trinajstić information content (AvgIpc) is 1.83. The highest BCUT2D eigenvalue weighted by Crippen LogP contribution is 1.95. The van der Waals surface area contributed by atoms with Crippen molar-refractivity contribution in [2.24, 2.45) is 0 Å². The predicted octanol–water partition coefficient (Wildman–Crippen LogP) is 1.47. The summed E-state index contributed by atoms with van der Waals surface area (Å²) in [5.41, 5.74) is 0. The van der Waals surface area contributed by atoms with Crippen LogP contribution in [0.1, 0.15) is 13.3 Å². The lowest BCUT2D eigenvalue weighted by Crippen LogP contribution is -1.96. The first-order valence-corrected chi connectivity index (χ1v) is 2.79. The van der Waals surface area contributed by atoms with Crippen LogP contribution in [0.25, 0.3) is 0 Å². The van der Waals surface area contributed by atoms with Crippen molar-refractivity contribution < 1.29 is 4.39 Å². The molecular formula is C6H12FN. The fourth-order valence-corrected chi connectivity index (χ4v) is 0.337. The van der Waals surface area contributed by atoms with E-state index in [0.29, 0.717) is 6.42 Å². The van der Waals surface area contributed by atoms with E-state index in [1.54, 1.807) is 13.2 Å². The predicted molar refractivity (Wildman–Crippen MR) is 33.4 cm³/mol. The molecule has 0 fully saturated rings. The number of nitrogens with one attached hydrogen (secondary N) is 1. The topological polar surface area (TPSA) is 12.0 Å². The molecule has 0 aromatic rings. The van der Waals surface area contributed by atoms with Crippen molar-refractivity contribution in [2.45, 2.75) is 19.5 Å². The Balaban J connectivity index is 3.21. The second-order valence-electron chi connectivity index (χ2n) is 1.57. The first kappa shape index (κ1) is 7.47. The van der Waals surface area contributed by atoms with Gasteiger partial charge in [-0.3, -0.25) is 0 Å². The van der Waals surface area contributed by atoms with Gasteiger partial charge < -0.3 is 5.32 Å². The van der Waals surface area contributed by atoms with E-state index in [4.69, 9.17) is 0 Å². The normalized spacial score (nSPS) is 14.4. The van der Waals surface area contributed by atoms with Crippen LogP contribution in [0.2, 0.25) is 0 Å². The van der Waals surface area contributed by atoms with E-state index >= 15 is 0 Å². The number of hydrogen-bond donors (Lipinski definition) is 1. The number of rotatable bonds is 3. The zero-order valence-corrected chi connectivity index (χ0v) is 5.32. The lowest BCUT2D eigenvalue weighted by molar-refractivity contribution is 0.389. The zero-order chi connectivity index (χ0) is 6.41. The number of allylic oxidation sites excluding steroid dienone is 1. The molecule has 0 aromatic heterocycles. The highest BCUT2D eigenvalue weighted by Gasteiger charge is 1.92. The highest BCUT2D eigenvalue weighted by atomic mass is 19.1. The third-order valence-corrected chi connectivity index (χ3v) is 0.862. The summed E-state index contributed by atoms with van der Waals surface area (Å²) >= 11 is 0. The smallest absolute Gasteiger partial charge is 0.120 e. The average molecular weight is 117 g/mol. The first-order valence-electron chi connectivity index (χ1n) is 2.79. The van der Waals surface area contributed by atoms with Gasteiger partial charge in [0, 0.05) is 7.05 Å². The maximum atomic E-state index is 12.2. The minimum Gasteiger partial charge on any atom is -0.394 e. The minimum absolute atomic E-state index is 0.554. The van der Waals surface area contributed by atoms with E-state index in [1.165, 1.54) is 6.08 Å². The molecule has 0 spiro atoms. The molecule has 0 aliphatic carbocycles. The summed E-state index contributed by atoms with van der Waals surface area (Å²) in [5.74, 6) is 0. The molecule has 0 bridgehead atoms. The zero-order valence-electron chi connectivity index (χ0n) is 5.32. The Kier molecular flexibility index (Phi) is 4.32. The van der Waals surface area contributed by atoms with Gasteiger partial charge in [0.05, 0.1) is 0 Å². The van der Waals surface area contributed by atoms with Gasteiger partial charge in [0.25, 0.3) is 0 Å². The van der Waals surface area contributed by atoms with E-state index in [0.717, 1.165) is 0 Å². The van der Waals surface area contributed by atoms with Crippen molar-refractivity contribution in [1.82, 2.24) is 5.32 Å². The molecule has 1 nitrogen and oxygen atoms in total. The molecule has 0 aromatic carbocycles. The molecule has 0 rings (SSSR count).